The Labute approximate surface area is 94.9 Å². The second-order valence-corrected chi connectivity index (χ2v) is 3.54. The highest BCUT2D eigenvalue weighted by Crippen LogP contribution is 2.15. The first-order valence-corrected chi connectivity index (χ1v) is 5.13. The van der Waals surface area contributed by atoms with Gasteiger partial charge in [0.1, 0.15) is 0 Å². The molecule has 0 aliphatic heterocycles. The molecule has 0 heterocycles. The maximum absolute atomic E-state index is 5.99. The van der Waals surface area contributed by atoms with Crippen LogP contribution in [-0.4, -0.2) is 26.1 Å². The SMILES string of the molecule is COCCN=C(N)Cc1ccccc1Cl. The first kappa shape index (κ1) is 12.0. The molecule has 0 aliphatic carbocycles. The molecule has 0 aliphatic rings. The number of ether oxygens (including phenoxy) is 1. The molecule has 0 saturated heterocycles. The van der Waals surface area contributed by atoms with Crippen LogP contribution in [0.2, 0.25) is 5.02 Å². The lowest BCUT2D eigenvalue weighted by atomic mass is 10.1. The van der Waals surface area contributed by atoms with Crippen LogP contribution in [0.3, 0.4) is 0 Å². The zero-order chi connectivity index (χ0) is 11.1. The van der Waals surface area contributed by atoms with Crippen molar-refractivity contribution in [1.82, 2.24) is 0 Å². The summed E-state index contributed by atoms with van der Waals surface area (Å²) in [7, 11) is 1.64. The van der Waals surface area contributed by atoms with Gasteiger partial charge in [0.25, 0.3) is 0 Å². The average molecular weight is 227 g/mol. The minimum Gasteiger partial charge on any atom is -0.387 e. The summed E-state index contributed by atoms with van der Waals surface area (Å²) in [5, 5.41) is 0.724. The van der Waals surface area contributed by atoms with Crippen molar-refractivity contribution in [2.75, 3.05) is 20.3 Å². The van der Waals surface area contributed by atoms with Gasteiger partial charge in [0.15, 0.2) is 0 Å². The fraction of sp³-hybridized carbons (Fsp3) is 0.364. The maximum Gasteiger partial charge on any atom is 0.0983 e. The van der Waals surface area contributed by atoms with Gasteiger partial charge in [-0.3, -0.25) is 4.99 Å². The number of methoxy groups -OCH3 is 1. The molecule has 1 aromatic rings. The molecular weight excluding hydrogens is 212 g/mol. The maximum atomic E-state index is 5.99. The number of halogens is 1. The monoisotopic (exact) mass is 226 g/mol. The summed E-state index contributed by atoms with van der Waals surface area (Å²) in [6, 6.07) is 7.62. The molecule has 0 atom stereocenters. The van der Waals surface area contributed by atoms with Crippen LogP contribution in [0.15, 0.2) is 29.3 Å². The highest BCUT2D eigenvalue weighted by Gasteiger charge is 2.00. The topological polar surface area (TPSA) is 47.6 Å². The Morgan fingerprint density at radius 1 is 1.47 bits per heavy atom. The van der Waals surface area contributed by atoms with Crippen molar-refractivity contribution in [2.45, 2.75) is 6.42 Å². The van der Waals surface area contributed by atoms with Gasteiger partial charge in [-0.05, 0) is 11.6 Å². The van der Waals surface area contributed by atoms with E-state index in [-0.39, 0.29) is 0 Å². The van der Waals surface area contributed by atoms with E-state index in [2.05, 4.69) is 4.99 Å². The van der Waals surface area contributed by atoms with Gasteiger partial charge < -0.3 is 10.5 Å². The van der Waals surface area contributed by atoms with E-state index in [1.807, 2.05) is 24.3 Å². The molecule has 0 aromatic heterocycles. The van der Waals surface area contributed by atoms with Crippen LogP contribution in [-0.2, 0) is 11.2 Å². The number of amidine groups is 1. The Bertz CT molecular complexity index is 339. The summed E-state index contributed by atoms with van der Waals surface area (Å²) < 4.78 is 4.88. The molecule has 0 unspecified atom stereocenters. The molecule has 0 bridgehead atoms. The van der Waals surface area contributed by atoms with Gasteiger partial charge in [-0.1, -0.05) is 29.8 Å². The van der Waals surface area contributed by atoms with E-state index in [1.54, 1.807) is 7.11 Å². The minimum atomic E-state index is 0.583. The zero-order valence-electron chi connectivity index (χ0n) is 8.74. The predicted molar refractivity (Wildman–Crippen MR) is 63.5 cm³/mol. The molecule has 1 aromatic carbocycles. The molecule has 15 heavy (non-hydrogen) atoms. The van der Waals surface area contributed by atoms with Crippen LogP contribution in [0, 0.1) is 0 Å². The van der Waals surface area contributed by atoms with Crippen molar-refractivity contribution < 1.29 is 4.74 Å². The van der Waals surface area contributed by atoms with Crippen molar-refractivity contribution in [3.63, 3.8) is 0 Å². The van der Waals surface area contributed by atoms with Gasteiger partial charge >= 0.3 is 0 Å². The van der Waals surface area contributed by atoms with Crippen LogP contribution < -0.4 is 5.73 Å². The summed E-state index contributed by atoms with van der Waals surface area (Å²) in [4.78, 5) is 4.16. The van der Waals surface area contributed by atoms with Gasteiger partial charge in [-0.25, -0.2) is 0 Å². The molecule has 0 fully saturated rings. The van der Waals surface area contributed by atoms with E-state index in [1.165, 1.54) is 0 Å². The largest absolute Gasteiger partial charge is 0.387 e. The van der Waals surface area contributed by atoms with E-state index < -0.39 is 0 Å². The first-order valence-electron chi connectivity index (χ1n) is 4.75. The number of hydrogen-bond donors (Lipinski definition) is 1. The number of nitrogens with zero attached hydrogens (tertiary/aromatic N) is 1. The molecule has 0 radical (unpaired) electrons. The van der Waals surface area contributed by atoms with Gasteiger partial charge in [-0.15, -0.1) is 0 Å². The number of rotatable bonds is 5. The summed E-state index contributed by atoms with van der Waals surface area (Å²) in [5.41, 5.74) is 6.75. The third-order valence-corrected chi connectivity index (χ3v) is 2.31. The normalized spacial score (nSPS) is 11.7. The highest BCUT2D eigenvalue weighted by molar-refractivity contribution is 6.31. The third-order valence-electron chi connectivity index (χ3n) is 1.94. The summed E-state index contributed by atoms with van der Waals surface area (Å²) in [6.07, 6.45) is 0.587. The number of aliphatic imine (C=N–C) groups is 1. The Hall–Kier alpha value is -1.06. The number of benzene rings is 1. The Balaban J connectivity index is 2.54. The molecule has 4 heteroatoms. The van der Waals surface area contributed by atoms with Crippen molar-refractivity contribution in [1.29, 1.82) is 0 Å². The van der Waals surface area contributed by atoms with Gasteiger partial charge in [0.2, 0.25) is 0 Å². The lowest BCUT2D eigenvalue weighted by molar-refractivity contribution is 0.208. The number of nitrogens with two attached hydrogens (primary N) is 1. The minimum absolute atomic E-state index is 0.583. The lowest BCUT2D eigenvalue weighted by Crippen LogP contribution is -2.16. The average Bonchev–Trinajstić information content (AvgIpc) is 2.22. The van der Waals surface area contributed by atoms with E-state index >= 15 is 0 Å². The smallest absolute Gasteiger partial charge is 0.0983 e. The predicted octanol–water partition coefficient (Wildman–Crippen LogP) is 1.89. The number of hydrogen-bond acceptors (Lipinski definition) is 2. The molecule has 0 saturated carbocycles. The Morgan fingerprint density at radius 3 is 2.87 bits per heavy atom. The van der Waals surface area contributed by atoms with Gasteiger partial charge in [0.05, 0.1) is 19.0 Å². The summed E-state index contributed by atoms with van der Waals surface area (Å²) >= 11 is 5.99. The van der Waals surface area contributed by atoms with Crippen molar-refractivity contribution in [3.8, 4) is 0 Å². The van der Waals surface area contributed by atoms with Crippen LogP contribution in [0.25, 0.3) is 0 Å². The van der Waals surface area contributed by atoms with Crippen molar-refractivity contribution in [3.05, 3.63) is 34.9 Å². The van der Waals surface area contributed by atoms with Crippen LogP contribution in [0.5, 0.6) is 0 Å². The fourth-order valence-electron chi connectivity index (χ4n) is 1.17. The molecule has 82 valence electrons. The van der Waals surface area contributed by atoms with Gasteiger partial charge in [0, 0.05) is 18.6 Å². The van der Waals surface area contributed by atoms with E-state index in [9.17, 15) is 0 Å². The van der Waals surface area contributed by atoms with E-state index in [4.69, 9.17) is 22.1 Å². The zero-order valence-corrected chi connectivity index (χ0v) is 9.50. The van der Waals surface area contributed by atoms with Crippen LogP contribution in [0.1, 0.15) is 5.56 Å². The van der Waals surface area contributed by atoms with Crippen LogP contribution >= 0.6 is 11.6 Å². The van der Waals surface area contributed by atoms with E-state index in [0.29, 0.717) is 25.4 Å². The summed E-state index contributed by atoms with van der Waals surface area (Å²) in [5.74, 6) is 0.583. The van der Waals surface area contributed by atoms with Gasteiger partial charge in [-0.2, -0.15) is 0 Å². The van der Waals surface area contributed by atoms with E-state index in [0.717, 1.165) is 10.6 Å². The third kappa shape index (κ3) is 4.32. The van der Waals surface area contributed by atoms with Crippen molar-refractivity contribution in [2.24, 2.45) is 10.7 Å². The second-order valence-electron chi connectivity index (χ2n) is 3.13. The second kappa shape index (κ2) is 6.43. The molecule has 3 nitrogen and oxygen atoms in total. The molecule has 0 amide bonds. The van der Waals surface area contributed by atoms with Crippen LogP contribution in [0.4, 0.5) is 0 Å². The molecule has 0 spiro atoms. The molecular formula is C11H15ClN2O. The fourth-order valence-corrected chi connectivity index (χ4v) is 1.38. The lowest BCUT2D eigenvalue weighted by Gasteiger charge is -2.03. The quantitative estimate of drug-likeness (QED) is 0.474. The summed E-state index contributed by atoms with van der Waals surface area (Å²) in [6.45, 7) is 1.18. The Kier molecular flexibility index (Phi) is 5.15. The highest BCUT2D eigenvalue weighted by atomic mass is 35.5. The van der Waals surface area contributed by atoms with Crippen molar-refractivity contribution >= 4 is 17.4 Å². The molecule has 1 rings (SSSR count). The standard InChI is InChI=1S/C11H15ClN2O/c1-15-7-6-14-11(13)8-9-4-2-3-5-10(9)12/h2-5H,6-8H2,1H3,(H2,13,14). The first-order chi connectivity index (χ1) is 7.24. The Morgan fingerprint density at radius 2 is 2.20 bits per heavy atom. The molecule has 2 N–H and O–H groups in total.